The average Bonchev–Trinajstić information content (AvgIpc) is 2.61. The Morgan fingerprint density at radius 1 is 1.29 bits per heavy atom. The summed E-state index contributed by atoms with van der Waals surface area (Å²) >= 11 is 0. The molecule has 0 aliphatic carbocycles. The summed E-state index contributed by atoms with van der Waals surface area (Å²) in [5, 5.41) is 0. The van der Waals surface area contributed by atoms with Crippen molar-refractivity contribution in [2.24, 2.45) is 0 Å². The highest BCUT2D eigenvalue weighted by atomic mass is 19.1. The second kappa shape index (κ2) is 5.39. The zero-order chi connectivity index (χ0) is 15.8. The first-order valence-electron chi connectivity index (χ1n) is 7.15. The normalized spacial score (nSPS) is 11.9. The van der Waals surface area contributed by atoms with Crippen LogP contribution in [0.4, 0.5) is 10.1 Å². The lowest BCUT2D eigenvalue weighted by molar-refractivity contribution is 0.452. The van der Waals surface area contributed by atoms with E-state index >= 15 is 0 Å². The molecule has 21 heavy (non-hydrogen) atoms. The number of aromatic nitrogens is 2. The number of nitrogen functional groups attached to an aromatic ring is 1. The van der Waals surface area contributed by atoms with Crippen LogP contribution in [0.25, 0.3) is 5.69 Å². The summed E-state index contributed by atoms with van der Waals surface area (Å²) in [7, 11) is 0. The first-order chi connectivity index (χ1) is 9.77. The Kier molecular flexibility index (Phi) is 3.94. The number of anilines is 1. The third-order valence-corrected chi connectivity index (χ3v) is 3.38. The van der Waals surface area contributed by atoms with Gasteiger partial charge in [0.25, 0.3) is 5.56 Å². The molecule has 0 atom stereocenters. The molecular formula is C16H22FN3O. The predicted molar refractivity (Wildman–Crippen MR) is 83.4 cm³/mol. The number of rotatable bonds is 3. The summed E-state index contributed by atoms with van der Waals surface area (Å²) in [6.07, 6.45) is 0.853. The van der Waals surface area contributed by atoms with Crippen molar-refractivity contribution in [3.8, 4) is 5.69 Å². The highest BCUT2D eigenvalue weighted by Crippen LogP contribution is 2.27. The summed E-state index contributed by atoms with van der Waals surface area (Å²) in [6, 6.07) is 6.00. The van der Waals surface area contributed by atoms with Crippen LogP contribution in [0.5, 0.6) is 0 Å². The number of hydrogen-bond acceptors (Lipinski definition) is 2. The number of hydrogen-bond donors (Lipinski definition) is 1. The molecule has 5 heteroatoms. The fourth-order valence-electron chi connectivity index (χ4n) is 2.64. The van der Waals surface area contributed by atoms with Gasteiger partial charge in [-0.15, -0.1) is 0 Å². The van der Waals surface area contributed by atoms with E-state index in [9.17, 15) is 9.18 Å². The molecule has 114 valence electrons. The fraction of sp³-hybridized carbons (Fsp3) is 0.438. The molecule has 0 fully saturated rings. The van der Waals surface area contributed by atoms with Gasteiger partial charge >= 0.3 is 0 Å². The van der Waals surface area contributed by atoms with Crippen molar-refractivity contribution in [3.05, 3.63) is 46.1 Å². The summed E-state index contributed by atoms with van der Waals surface area (Å²) in [5.41, 5.74) is 7.01. The third-order valence-electron chi connectivity index (χ3n) is 3.38. The van der Waals surface area contributed by atoms with E-state index in [0.29, 0.717) is 12.2 Å². The molecule has 0 spiro atoms. The molecule has 2 N–H and O–H groups in total. The molecule has 4 nitrogen and oxygen atoms in total. The van der Waals surface area contributed by atoms with Crippen molar-refractivity contribution in [1.82, 2.24) is 9.36 Å². The Morgan fingerprint density at radius 2 is 1.95 bits per heavy atom. The number of nitrogens with zero attached hydrogens (tertiary/aromatic N) is 2. The van der Waals surface area contributed by atoms with Crippen molar-refractivity contribution < 1.29 is 4.39 Å². The van der Waals surface area contributed by atoms with E-state index in [1.165, 1.54) is 16.8 Å². The second-order valence-corrected chi connectivity index (χ2v) is 6.23. The van der Waals surface area contributed by atoms with Gasteiger partial charge in [-0.25, -0.2) is 9.07 Å². The minimum absolute atomic E-state index is 0.236. The quantitative estimate of drug-likeness (QED) is 0.945. The molecule has 0 aliphatic rings. The first kappa shape index (κ1) is 15.4. The molecule has 2 aromatic rings. The van der Waals surface area contributed by atoms with E-state index in [1.54, 1.807) is 12.1 Å². The maximum absolute atomic E-state index is 13.5. The van der Waals surface area contributed by atoms with Crippen LogP contribution in [0.2, 0.25) is 0 Å². The Hall–Kier alpha value is -2.04. The Labute approximate surface area is 124 Å². The minimum atomic E-state index is -0.375. The van der Waals surface area contributed by atoms with Crippen molar-refractivity contribution in [1.29, 1.82) is 0 Å². The summed E-state index contributed by atoms with van der Waals surface area (Å²) in [6.45, 7) is 8.72. The zero-order valence-corrected chi connectivity index (χ0v) is 13.0. The van der Waals surface area contributed by atoms with Gasteiger partial charge in [0.15, 0.2) is 0 Å². The molecule has 0 aliphatic heterocycles. The molecule has 0 saturated carbocycles. The van der Waals surface area contributed by atoms with E-state index in [-0.39, 0.29) is 22.5 Å². The third kappa shape index (κ3) is 2.73. The second-order valence-electron chi connectivity index (χ2n) is 6.23. The zero-order valence-electron chi connectivity index (χ0n) is 13.0. The van der Waals surface area contributed by atoms with Gasteiger partial charge in [-0.05, 0) is 24.6 Å². The highest BCUT2D eigenvalue weighted by molar-refractivity contribution is 5.48. The van der Waals surface area contributed by atoms with Crippen LogP contribution in [-0.4, -0.2) is 9.36 Å². The Morgan fingerprint density at radius 3 is 2.48 bits per heavy atom. The molecular weight excluding hydrogens is 269 g/mol. The molecule has 0 unspecified atom stereocenters. The summed E-state index contributed by atoms with van der Waals surface area (Å²) in [5.74, 6) is -0.375. The van der Waals surface area contributed by atoms with Gasteiger partial charge in [-0.2, -0.15) is 0 Å². The van der Waals surface area contributed by atoms with Crippen molar-refractivity contribution in [3.63, 3.8) is 0 Å². The molecule has 0 amide bonds. The summed E-state index contributed by atoms with van der Waals surface area (Å²) in [4.78, 5) is 12.5. The number of nitrogens with two attached hydrogens (primary N) is 1. The molecule has 0 bridgehead atoms. The van der Waals surface area contributed by atoms with Crippen LogP contribution >= 0.6 is 0 Å². The van der Waals surface area contributed by atoms with Gasteiger partial charge in [-0.3, -0.25) is 9.48 Å². The smallest absolute Gasteiger partial charge is 0.294 e. The summed E-state index contributed by atoms with van der Waals surface area (Å²) < 4.78 is 16.8. The molecule has 1 aromatic carbocycles. The lowest BCUT2D eigenvalue weighted by Crippen LogP contribution is -2.24. The van der Waals surface area contributed by atoms with Gasteiger partial charge in [-0.1, -0.05) is 33.8 Å². The maximum atomic E-state index is 13.5. The van der Waals surface area contributed by atoms with Crippen molar-refractivity contribution in [2.45, 2.75) is 46.1 Å². The van der Waals surface area contributed by atoms with Gasteiger partial charge < -0.3 is 5.73 Å². The van der Waals surface area contributed by atoms with Crippen LogP contribution in [0, 0.1) is 5.82 Å². The monoisotopic (exact) mass is 291 g/mol. The predicted octanol–water partition coefficient (Wildman–Crippen LogP) is 3.07. The fourth-order valence-corrected chi connectivity index (χ4v) is 2.64. The van der Waals surface area contributed by atoms with Crippen LogP contribution in [0.15, 0.2) is 29.1 Å². The first-order valence-corrected chi connectivity index (χ1v) is 7.15. The van der Waals surface area contributed by atoms with Gasteiger partial charge in [0.2, 0.25) is 0 Å². The van der Waals surface area contributed by atoms with Gasteiger partial charge in [0, 0.05) is 12.0 Å². The Balaban J connectivity index is 2.80. The number of benzene rings is 1. The van der Waals surface area contributed by atoms with Crippen molar-refractivity contribution in [2.75, 3.05) is 5.73 Å². The lowest BCUT2D eigenvalue weighted by atomic mass is 9.91. The van der Waals surface area contributed by atoms with E-state index in [1.807, 2.05) is 32.4 Å². The van der Waals surface area contributed by atoms with E-state index in [4.69, 9.17) is 5.73 Å². The highest BCUT2D eigenvalue weighted by Gasteiger charge is 2.27. The standard InChI is InChI=1S/C16H22FN3O/c1-5-9-19-14(16(2,3)4)13(18)15(21)20(19)12-8-6-7-11(17)10-12/h6-8,10H,5,9,18H2,1-4H3. The SMILES string of the molecule is CCCn1c(C(C)(C)C)c(N)c(=O)n1-c1cccc(F)c1. The minimum Gasteiger partial charge on any atom is -0.393 e. The molecule has 0 radical (unpaired) electrons. The molecule has 2 rings (SSSR count). The lowest BCUT2D eigenvalue weighted by Gasteiger charge is -2.23. The van der Waals surface area contributed by atoms with Gasteiger partial charge in [0.1, 0.15) is 11.5 Å². The topological polar surface area (TPSA) is 52.9 Å². The Bertz CT molecular complexity index is 707. The molecule has 1 aromatic heterocycles. The van der Waals surface area contributed by atoms with Crippen LogP contribution in [-0.2, 0) is 12.0 Å². The maximum Gasteiger partial charge on any atom is 0.294 e. The van der Waals surface area contributed by atoms with E-state index < -0.39 is 0 Å². The van der Waals surface area contributed by atoms with Crippen LogP contribution in [0.3, 0.4) is 0 Å². The van der Waals surface area contributed by atoms with Crippen LogP contribution < -0.4 is 11.3 Å². The van der Waals surface area contributed by atoms with E-state index in [0.717, 1.165) is 12.1 Å². The molecule has 1 heterocycles. The van der Waals surface area contributed by atoms with Crippen LogP contribution in [0.1, 0.15) is 39.8 Å². The largest absolute Gasteiger partial charge is 0.393 e. The van der Waals surface area contributed by atoms with E-state index in [2.05, 4.69) is 0 Å². The van der Waals surface area contributed by atoms with Gasteiger partial charge in [0.05, 0.1) is 11.4 Å². The van der Waals surface area contributed by atoms with Crippen molar-refractivity contribution >= 4 is 5.69 Å². The average molecular weight is 291 g/mol. The number of halogens is 1. The molecule has 0 saturated heterocycles.